The molecule has 0 fully saturated rings. The molecule has 0 amide bonds. The highest BCUT2D eigenvalue weighted by atomic mass is 35.5. The Balaban J connectivity index is 2.34. The minimum absolute atomic E-state index is 0.304. The first-order valence-electron chi connectivity index (χ1n) is 5.34. The van der Waals surface area contributed by atoms with E-state index in [4.69, 9.17) is 17.3 Å². The van der Waals surface area contributed by atoms with Crippen LogP contribution in [0, 0.1) is 5.82 Å². The van der Waals surface area contributed by atoms with Gasteiger partial charge in [-0.25, -0.2) is 9.37 Å². The summed E-state index contributed by atoms with van der Waals surface area (Å²) in [5, 5.41) is 0.588. The Kier molecular flexibility index (Phi) is 2.45. The molecule has 0 radical (unpaired) electrons. The number of anilines is 1. The van der Waals surface area contributed by atoms with Crippen molar-refractivity contribution in [2.45, 2.75) is 0 Å². The fraction of sp³-hybridized carbons (Fsp3) is 0. The third-order valence-electron chi connectivity index (χ3n) is 2.71. The summed E-state index contributed by atoms with van der Waals surface area (Å²) < 4.78 is 15.0. The van der Waals surface area contributed by atoms with E-state index in [0.29, 0.717) is 22.0 Å². The van der Waals surface area contributed by atoms with E-state index in [2.05, 4.69) is 4.98 Å². The van der Waals surface area contributed by atoms with E-state index >= 15 is 0 Å². The number of aromatic nitrogens is 2. The van der Waals surface area contributed by atoms with Crippen molar-refractivity contribution in [3.8, 4) is 5.69 Å². The summed E-state index contributed by atoms with van der Waals surface area (Å²) >= 11 is 5.95. The van der Waals surface area contributed by atoms with Gasteiger partial charge in [-0.15, -0.1) is 0 Å². The maximum Gasteiger partial charge on any atom is 0.205 e. The molecule has 0 saturated carbocycles. The molecular formula is C13H9ClFN3. The molecule has 0 aliphatic heterocycles. The van der Waals surface area contributed by atoms with Crippen LogP contribution in [0.4, 0.5) is 10.3 Å². The van der Waals surface area contributed by atoms with Gasteiger partial charge in [0.1, 0.15) is 5.82 Å². The van der Waals surface area contributed by atoms with E-state index in [9.17, 15) is 4.39 Å². The van der Waals surface area contributed by atoms with Gasteiger partial charge in [0.25, 0.3) is 0 Å². The summed E-state index contributed by atoms with van der Waals surface area (Å²) in [7, 11) is 0. The predicted molar refractivity (Wildman–Crippen MR) is 70.5 cm³/mol. The van der Waals surface area contributed by atoms with Crippen molar-refractivity contribution in [3.05, 3.63) is 53.3 Å². The Morgan fingerprint density at radius 1 is 1.17 bits per heavy atom. The molecule has 0 aliphatic carbocycles. The zero-order valence-electron chi connectivity index (χ0n) is 9.27. The number of fused-ring (bicyclic) bond motifs is 1. The highest BCUT2D eigenvalue weighted by Crippen LogP contribution is 2.25. The average Bonchev–Trinajstić information content (AvgIpc) is 2.64. The lowest BCUT2D eigenvalue weighted by molar-refractivity contribution is 0.629. The predicted octanol–water partition coefficient (Wildman–Crippen LogP) is 3.40. The van der Waals surface area contributed by atoms with E-state index < -0.39 is 0 Å². The highest BCUT2D eigenvalue weighted by molar-refractivity contribution is 6.30. The second kappa shape index (κ2) is 3.99. The van der Waals surface area contributed by atoms with Crippen LogP contribution in [0.5, 0.6) is 0 Å². The van der Waals surface area contributed by atoms with Gasteiger partial charge in [-0.3, -0.25) is 4.57 Å². The van der Waals surface area contributed by atoms with Gasteiger partial charge in [-0.05, 0) is 30.3 Å². The van der Waals surface area contributed by atoms with Gasteiger partial charge < -0.3 is 5.73 Å². The summed E-state index contributed by atoms with van der Waals surface area (Å²) in [6.45, 7) is 0. The molecule has 3 nitrogen and oxygen atoms in total. The van der Waals surface area contributed by atoms with Crippen molar-refractivity contribution in [1.82, 2.24) is 9.55 Å². The lowest BCUT2D eigenvalue weighted by Gasteiger charge is -2.06. The molecule has 90 valence electrons. The molecule has 0 spiro atoms. The Bertz CT molecular complexity index is 736. The standard InChI is InChI=1S/C13H9ClFN3/c14-8-2-1-3-10(6-8)18-12-7-9(15)4-5-11(12)17-13(18)16/h1-7H,(H2,16,17). The molecule has 3 rings (SSSR count). The van der Waals surface area contributed by atoms with E-state index in [0.717, 1.165) is 5.69 Å². The zero-order chi connectivity index (χ0) is 12.7. The molecule has 2 aromatic carbocycles. The summed E-state index contributed by atoms with van der Waals surface area (Å²) in [6, 6.07) is 11.5. The lowest BCUT2D eigenvalue weighted by atomic mass is 10.2. The minimum atomic E-state index is -0.328. The summed E-state index contributed by atoms with van der Waals surface area (Å²) in [5.41, 5.74) is 7.90. The number of halogens is 2. The number of rotatable bonds is 1. The number of hydrogen-bond donors (Lipinski definition) is 1. The third-order valence-corrected chi connectivity index (χ3v) is 2.94. The van der Waals surface area contributed by atoms with Crippen LogP contribution in [0.15, 0.2) is 42.5 Å². The fourth-order valence-corrected chi connectivity index (χ4v) is 2.14. The van der Waals surface area contributed by atoms with Crippen molar-refractivity contribution in [2.75, 3.05) is 5.73 Å². The van der Waals surface area contributed by atoms with Crippen LogP contribution in [0.25, 0.3) is 16.7 Å². The molecule has 1 aromatic heterocycles. The van der Waals surface area contributed by atoms with E-state index in [1.54, 1.807) is 22.8 Å². The van der Waals surface area contributed by atoms with Crippen molar-refractivity contribution >= 4 is 28.6 Å². The number of hydrogen-bond acceptors (Lipinski definition) is 2. The molecule has 2 N–H and O–H groups in total. The molecule has 1 heterocycles. The topological polar surface area (TPSA) is 43.8 Å². The molecular weight excluding hydrogens is 253 g/mol. The number of nitrogens with two attached hydrogens (primary N) is 1. The highest BCUT2D eigenvalue weighted by Gasteiger charge is 2.10. The molecule has 5 heteroatoms. The van der Waals surface area contributed by atoms with Gasteiger partial charge in [0, 0.05) is 11.1 Å². The summed E-state index contributed by atoms with van der Waals surface area (Å²) in [5.74, 6) is -0.0245. The Morgan fingerprint density at radius 3 is 2.78 bits per heavy atom. The van der Waals surface area contributed by atoms with Crippen molar-refractivity contribution in [3.63, 3.8) is 0 Å². The Morgan fingerprint density at radius 2 is 2.00 bits per heavy atom. The minimum Gasteiger partial charge on any atom is -0.369 e. The summed E-state index contributed by atoms with van der Waals surface area (Å²) in [4.78, 5) is 4.19. The maximum atomic E-state index is 13.3. The van der Waals surface area contributed by atoms with Gasteiger partial charge >= 0.3 is 0 Å². The van der Waals surface area contributed by atoms with E-state index in [1.807, 2.05) is 12.1 Å². The first-order valence-corrected chi connectivity index (χ1v) is 5.72. The van der Waals surface area contributed by atoms with Crippen LogP contribution in [-0.4, -0.2) is 9.55 Å². The first-order chi connectivity index (χ1) is 8.65. The van der Waals surface area contributed by atoms with Crippen LogP contribution in [0.2, 0.25) is 5.02 Å². The van der Waals surface area contributed by atoms with Crippen LogP contribution in [-0.2, 0) is 0 Å². The molecule has 0 saturated heterocycles. The van der Waals surface area contributed by atoms with Crippen LogP contribution < -0.4 is 5.73 Å². The molecule has 0 atom stereocenters. The number of nitrogen functional groups attached to an aromatic ring is 1. The van der Waals surface area contributed by atoms with Crippen LogP contribution in [0.3, 0.4) is 0 Å². The van der Waals surface area contributed by atoms with E-state index in [1.165, 1.54) is 12.1 Å². The molecule has 0 aliphatic rings. The van der Waals surface area contributed by atoms with Gasteiger partial charge in [-0.1, -0.05) is 17.7 Å². The van der Waals surface area contributed by atoms with Gasteiger partial charge in [-0.2, -0.15) is 0 Å². The first kappa shape index (κ1) is 11.0. The van der Waals surface area contributed by atoms with Crippen molar-refractivity contribution < 1.29 is 4.39 Å². The van der Waals surface area contributed by atoms with Gasteiger partial charge in [0.05, 0.1) is 16.7 Å². The second-order valence-electron chi connectivity index (χ2n) is 3.92. The quantitative estimate of drug-likeness (QED) is 0.730. The number of benzene rings is 2. The van der Waals surface area contributed by atoms with Gasteiger partial charge in [0.15, 0.2) is 0 Å². The normalized spacial score (nSPS) is 11.0. The smallest absolute Gasteiger partial charge is 0.205 e. The van der Waals surface area contributed by atoms with Crippen molar-refractivity contribution in [1.29, 1.82) is 0 Å². The largest absolute Gasteiger partial charge is 0.369 e. The van der Waals surface area contributed by atoms with Gasteiger partial charge in [0.2, 0.25) is 5.95 Å². The zero-order valence-corrected chi connectivity index (χ0v) is 10.0. The fourth-order valence-electron chi connectivity index (χ4n) is 1.95. The molecule has 3 aromatic rings. The molecule has 18 heavy (non-hydrogen) atoms. The lowest BCUT2D eigenvalue weighted by Crippen LogP contribution is -2.00. The molecule has 0 unspecified atom stereocenters. The number of nitrogens with zero attached hydrogens (tertiary/aromatic N) is 2. The van der Waals surface area contributed by atoms with Crippen LogP contribution >= 0.6 is 11.6 Å². The summed E-state index contributed by atoms with van der Waals surface area (Å²) in [6.07, 6.45) is 0. The third kappa shape index (κ3) is 1.71. The van der Waals surface area contributed by atoms with Crippen molar-refractivity contribution in [2.24, 2.45) is 0 Å². The Hall–Kier alpha value is -2.07. The maximum absolute atomic E-state index is 13.3. The van der Waals surface area contributed by atoms with E-state index in [-0.39, 0.29) is 5.82 Å². The Labute approximate surface area is 108 Å². The monoisotopic (exact) mass is 261 g/mol. The molecule has 0 bridgehead atoms. The average molecular weight is 262 g/mol. The SMILES string of the molecule is Nc1nc2ccc(F)cc2n1-c1cccc(Cl)c1. The second-order valence-corrected chi connectivity index (χ2v) is 4.35. The van der Waals surface area contributed by atoms with Crippen LogP contribution in [0.1, 0.15) is 0 Å². The number of imidazole rings is 1.